The first-order valence-electron chi connectivity index (χ1n) is 9.09. The predicted octanol–water partition coefficient (Wildman–Crippen LogP) is 2.36. The zero-order chi connectivity index (χ0) is 17.9. The lowest BCUT2D eigenvalue weighted by Crippen LogP contribution is -2.52. The van der Waals surface area contributed by atoms with Crippen molar-refractivity contribution in [1.82, 2.24) is 15.5 Å². The molecule has 2 aliphatic rings. The number of ether oxygens (including phenoxy) is 1. The molecule has 2 N–H and O–H groups in total. The van der Waals surface area contributed by atoms with Crippen LogP contribution in [0.4, 0.5) is 0 Å². The molecule has 0 spiro atoms. The van der Waals surface area contributed by atoms with E-state index in [4.69, 9.17) is 16.3 Å². The van der Waals surface area contributed by atoms with E-state index < -0.39 is 0 Å². The molecule has 2 atom stereocenters. The molecule has 138 valence electrons. The molecule has 3 rings (SSSR count). The van der Waals surface area contributed by atoms with Crippen LogP contribution in [0.1, 0.15) is 38.3 Å². The molecule has 0 radical (unpaired) electrons. The van der Waals surface area contributed by atoms with Crippen LogP contribution < -0.4 is 10.6 Å². The number of nitrogens with zero attached hydrogens (tertiary/aromatic N) is 1. The summed E-state index contributed by atoms with van der Waals surface area (Å²) in [6, 6.07) is 7.99. The van der Waals surface area contributed by atoms with E-state index >= 15 is 0 Å². The van der Waals surface area contributed by atoms with Crippen molar-refractivity contribution >= 4 is 17.5 Å². The molecule has 2 saturated heterocycles. The molecule has 0 saturated carbocycles. The zero-order valence-electron chi connectivity index (χ0n) is 15.1. The van der Waals surface area contributed by atoms with E-state index in [0.717, 1.165) is 37.5 Å². The standard InChI is InChI=1S/C19H28ClN3O2/c1-19(2)13-23(10-11-25-19)17(14-5-7-15(20)8-6-14)12-22-18(24)16-4-3-9-21-16/h5-8,16-17,21H,3-4,9-13H2,1-2H3,(H,22,24). The molecule has 0 bridgehead atoms. The van der Waals surface area contributed by atoms with Gasteiger partial charge in [0, 0.05) is 24.7 Å². The number of nitrogens with one attached hydrogen (secondary N) is 2. The van der Waals surface area contributed by atoms with Crippen molar-refractivity contribution < 1.29 is 9.53 Å². The van der Waals surface area contributed by atoms with Gasteiger partial charge in [0.1, 0.15) is 0 Å². The summed E-state index contributed by atoms with van der Waals surface area (Å²) in [7, 11) is 0. The Labute approximate surface area is 155 Å². The van der Waals surface area contributed by atoms with Gasteiger partial charge in [-0.1, -0.05) is 23.7 Å². The second-order valence-electron chi connectivity index (χ2n) is 7.54. The molecule has 2 heterocycles. The van der Waals surface area contributed by atoms with Crippen LogP contribution in [0.15, 0.2) is 24.3 Å². The van der Waals surface area contributed by atoms with E-state index in [2.05, 4.69) is 41.5 Å². The quantitative estimate of drug-likeness (QED) is 0.841. The molecule has 25 heavy (non-hydrogen) atoms. The summed E-state index contributed by atoms with van der Waals surface area (Å²) in [5.41, 5.74) is 0.988. The Morgan fingerprint density at radius 1 is 1.44 bits per heavy atom. The van der Waals surface area contributed by atoms with Crippen molar-refractivity contribution in [3.8, 4) is 0 Å². The van der Waals surface area contributed by atoms with Crippen LogP contribution in [0, 0.1) is 0 Å². The molecule has 6 heteroatoms. The fraction of sp³-hybridized carbons (Fsp3) is 0.632. The minimum absolute atomic E-state index is 0.0491. The van der Waals surface area contributed by atoms with Gasteiger partial charge in [-0.3, -0.25) is 9.69 Å². The smallest absolute Gasteiger partial charge is 0.237 e. The van der Waals surface area contributed by atoms with Gasteiger partial charge in [0.05, 0.1) is 24.3 Å². The third-order valence-electron chi connectivity index (χ3n) is 5.00. The first kappa shape index (κ1) is 18.6. The van der Waals surface area contributed by atoms with Crippen LogP contribution in [-0.2, 0) is 9.53 Å². The van der Waals surface area contributed by atoms with Gasteiger partial charge in [-0.25, -0.2) is 0 Å². The van der Waals surface area contributed by atoms with E-state index in [0.29, 0.717) is 13.2 Å². The minimum atomic E-state index is -0.181. The monoisotopic (exact) mass is 365 g/mol. The van der Waals surface area contributed by atoms with Gasteiger partial charge in [-0.05, 0) is 50.9 Å². The van der Waals surface area contributed by atoms with Gasteiger partial charge in [-0.15, -0.1) is 0 Å². The summed E-state index contributed by atoms with van der Waals surface area (Å²) in [6.07, 6.45) is 1.98. The summed E-state index contributed by atoms with van der Waals surface area (Å²) in [4.78, 5) is 14.8. The number of hydrogen-bond donors (Lipinski definition) is 2. The number of carbonyl (C=O) groups excluding carboxylic acids is 1. The molecule has 2 aliphatic heterocycles. The maximum Gasteiger partial charge on any atom is 0.237 e. The maximum atomic E-state index is 12.4. The normalized spacial score (nSPS) is 24.8. The largest absolute Gasteiger partial charge is 0.373 e. The first-order valence-corrected chi connectivity index (χ1v) is 9.47. The van der Waals surface area contributed by atoms with Crippen LogP contribution in [0.5, 0.6) is 0 Å². The molecule has 5 nitrogen and oxygen atoms in total. The van der Waals surface area contributed by atoms with Gasteiger partial charge in [0.25, 0.3) is 0 Å². The highest BCUT2D eigenvalue weighted by Gasteiger charge is 2.32. The van der Waals surface area contributed by atoms with Crippen molar-refractivity contribution in [3.05, 3.63) is 34.9 Å². The number of carbonyl (C=O) groups is 1. The number of morpholine rings is 1. The topological polar surface area (TPSA) is 53.6 Å². The zero-order valence-corrected chi connectivity index (χ0v) is 15.8. The molecular formula is C19H28ClN3O2. The lowest BCUT2D eigenvalue weighted by molar-refractivity contribution is -0.123. The van der Waals surface area contributed by atoms with Crippen molar-refractivity contribution in [1.29, 1.82) is 0 Å². The van der Waals surface area contributed by atoms with Crippen LogP contribution in [0.25, 0.3) is 0 Å². The average molecular weight is 366 g/mol. The molecule has 1 aromatic carbocycles. The van der Waals surface area contributed by atoms with Crippen molar-refractivity contribution in [2.24, 2.45) is 0 Å². The Hall–Kier alpha value is -1.14. The number of amides is 1. The molecular weight excluding hydrogens is 338 g/mol. The summed E-state index contributed by atoms with van der Waals surface area (Å²) >= 11 is 6.05. The van der Waals surface area contributed by atoms with E-state index in [-0.39, 0.29) is 23.6 Å². The molecule has 0 aliphatic carbocycles. The van der Waals surface area contributed by atoms with Crippen LogP contribution in [-0.4, -0.2) is 55.2 Å². The Balaban J connectivity index is 1.71. The maximum absolute atomic E-state index is 12.4. The number of halogens is 1. The lowest BCUT2D eigenvalue weighted by Gasteiger charge is -2.42. The fourth-order valence-corrected chi connectivity index (χ4v) is 3.82. The van der Waals surface area contributed by atoms with E-state index in [9.17, 15) is 4.79 Å². The molecule has 2 fully saturated rings. The molecule has 1 amide bonds. The minimum Gasteiger partial charge on any atom is -0.373 e. The summed E-state index contributed by atoms with van der Waals surface area (Å²) in [5.74, 6) is 0.101. The fourth-order valence-electron chi connectivity index (χ4n) is 3.69. The second-order valence-corrected chi connectivity index (χ2v) is 7.98. The number of hydrogen-bond acceptors (Lipinski definition) is 4. The molecule has 0 aromatic heterocycles. The van der Waals surface area contributed by atoms with Gasteiger partial charge in [0.15, 0.2) is 0 Å². The van der Waals surface area contributed by atoms with E-state index in [1.54, 1.807) is 0 Å². The summed E-state index contributed by atoms with van der Waals surface area (Å²) < 4.78 is 5.85. The highest BCUT2D eigenvalue weighted by atomic mass is 35.5. The van der Waals surface area contributed by atoms with E-state index in [1.165, 1.54) is 5.56 Å². The third-order valence-corrected chi connectivity index (χ3v) is 5.25. The van der Waals surface area contributed by atoms with Crippen molar-refractivity contribution in [2.45, 2.75) is 44.4 Å². The van der Waals surface area contributed by atoms with Crippen LogP contribution >= 0.6 is 11.6 Å². The Morgan fingerprint density at radius 3 is 2.84 bits per heavy atom. The predicted molar refractivity (Wildman–Crippen MR) is 99.8 cm³/mol. The highest BCUT2D eigenvalue weighted by molar-refractivity contribution is 6.30. The Kier molecular flexibility index (Phi) is 6.00. The van der Waals surface area contributed by atoms with Crippen LogP contribution in [0.3, 0.4) is 0 Å². The molecule has 1 aromatic rings. The lowest BCUT2D eigenvalue weighted by atomic mass is 10.0. The van der Waals surface area contributed by atoms with Crippen LogP contribution in [0.2, 0.25) is 5.02 Å². The average Bonchev–Trinajstić information content (AvgIpc) is 3.10. The van der Waals surface area contributed by atoms with Gasteiger partial charge in [0.2, 0.25) is 5.91 Å². The molecule has 2 unspecified atom stereocenters. The van der Waals surface area contributed by atoms with Gasteiger partial charge < -0.3 is 15.4 Å². The van der Waals surface area contributed by atoms with E-state index in [1.807, 2.05) is 12.1 Å². The highest BCUT2D eigenvalue weighted by Crippen LogP contribution is 2.27. The SMILES string of the molecule is CC1(C)CN(C(CNC(=O)C2CCCN2)c2ccc(Cl)cc2)CCO1. The Morgan fingerprint density at radius 2 is 2.20 bits per heavy atom. The first-order chi connectivity index (χ1) is 11.9. The van der Waals surface area contributed by atoms with Crippen molar-refractivity contribution in [3.63, 3.8) is 0 Å². The summed E-state index contributed by atoms with van der Waals surface area (Å²) in [5, 5.41) is 7.13. The number of benzene rings is 1. The second kappa shape index (κ2) is 8.04. The Bertz CT molecular complexity index is 585. The van der Waals surface area contributed by atoms with Crippen molar-refractivity contribution in [2.75, 3.05) is 32.8 Å². The number of rotatable bonds is 5. The van der Waals surface area contributed by atoms with Gasteiger partial charge in [-0.2, -0.15) is 0 Å². The summed E-state index contributed by atoms with van der Waals surface area (Å²) in [6.45, 7) is 8.13. The third kappa shape index (κ3) is 4.94. The van der Waals surface area contributed by atoms with Gasteiger partial charge >= 0.3 is 0 Å².